The Balaban J connectivity index is 2.04. The molecule has 1 aliphatic rings. The molecule has 0 spiro atoms. The lowest BCUT2D eigenvalue weighted by Gasteiger charge is -2.26. The molecule has 88 valence electrons. The fraction of sp³-hybridized carbons (Fsp3) is 0.583. The van der Waals surface area contributed by atoms with Crippen LogP contribution >= 0.6 is 0 Å². The molecule has 16 heavy (non-hydrogen) atoms. The van der Waals surface area contributed by atoms with E-state index in [1.165, 1.54) is 5.56 Å². The van der Waals surface area contributed by atoms with Crippen molar-refractivity contribution in [3.63, 3.8) is 0 Å². The van der Waals surface area contributed by atoms with E-state index in [-0.39, 0.29) is 5.91 Å². The van der Waals surface area contributed by atoms with Gasteiger partial charge in [-0.3, -0.25) is 4.79 Å². The van der Waals surface area contributed by atoms with Crippen molar-refractivity contribution >= 4 is 5.91 Å². The van der Waals surface area contributed by atoms with Crippen LogP contribution in [0.5, 0.6) is 0 Å². The Labute approximate surface area is 96.0 Å². The van der Waals surface area contributed by atoms with Crippen LogP contribution in [-0.4, -0.2) is 21.9 Å². The number of hydrogen-bond acceptors (Lipinski definition) is 2. The Bertz CT molecular complexity index is 384. The van der Waals surface area contributed by atoms with E-state index in [0.29, 0.717) is 13.0 Å². The maximum absolute atomic E-state index is 11.7. The van der Waals surface area contributed by atoms with Crippen LogP contribution in [0.15, 0.2) is 12.3 Å². The van der Waals surface area contributed by atoms with Gasteiger partial charge in [0.15, 0.2) is 0 Å². The van der Waals surface area contributed by atoms with E-state index in [2.05, 4.69) is 12.3 Å². The molecule has 0 bridgehead atoms. The number of carbonyl (C=O) groups excluding carboxylic acids is 1. The van der Waals surface area contributed by atoms with Gasteiger partial charge in [0, 0.05) is 45.0 Å². The predicted molar refractivity (Wildman–Crippen MR) is 62.6 cm³/mol. The molecule has 0 saturated carbocycles. The molecule has 1 aliphatic heterocycles. The number of hydrogen-bond donors (Lipinski definition) is 1. The fourth-order valence-electron chi connectivity index (χ4n) is 2.22. The molecule has 4 heteroatoms. The average Bonchev–Trinajstić information content (AvgIpc) is 2.62. The minimum atomic E-state index is 0.282. The van der Waals surface area contributed by atoms with E-state index in [4.69, 9.17) is 5.73 Å². The van der Waals surface area contributed by atoms with Crippen molar-refractivity contribution in [2.45, 2.75) is 32.4 Å². The zero-order chi connectivity index (χ0) is 11.5. The summed E-state index contributed by atoms with van der Waals surface area (Å²) in [4.78, 5) is 13.6. The van der Waals surface area contributed by atoms with Gasteiger partial charge < -0.3 is 15.2 Å². The number of carbonyl (C=O) groups is 1. The second-order valence-electron chi connectivity index (χ2n) is 4.43. The molecule has 0 aliphatic carbocycles. The lowest BCUT2D eigenvalue weighted by molar-refractivity contribution is -0.133. The summed E-state index contributed by atoms with van der Waals surface area (Å²) in [5, 5.41) is 0. The number of aromatic nitrogens is 1. The first-order valence-corrected chi connectivity index (χ1v) is 5.82. The summed E-state index contributed by atoms with van der Waals surface area (Å²) in [5.41, 5.74) is 7.91. The molecule has 1 fully saturated rings. The van der Waals surface area contributed by atoms with Crippen LogP contribution in [0.25, 0.3) is 0 Å². The van der Waals surface area contributed by atoms with Gasteiger partial charge in [-0.05, 0) is 24.5 Å². The maximum Gasteiger partial charge on any atom is 0.222 e. The van der Waals surface area contributed by atoms with Crippen LogP contribution in [0.3, 0.4) is 0 Å². The van der Waals surface area contributed by atoms with Crippen LogP contribution < -0.4 is 5.73 Å². The number of nitrogens with two attached hydrogens (primary N) is 1. The molecule has 2 N–H and O–H groups in total. The molecule has 0 atom stereocenters. The molecule has 0 radical (unpaired) electrons. The summed E-state index contributed by atoms with van der Waals surface area (Å²) in [6.45, 7) is 2.17. The van der Waals surface area contributed by atoms with E-state index in [0.717, 1.165) is 31.6 Å². The minimum Gasteiger partial charge on any atom is -0.353 e. The van der Waals surface area contributed by atoms with Gasteiger partial charge in [0.1, 0.15) is 0 Å². The summed E-state index contributed by atoms with van der Waals surface area (Å²) < 4.78 is 2.03. The van der Waals surface area contributed by atoms with Gasteiger partial charge in [-0.1, -0.05) is 0 Å². The summed E-state index contributed by atoms with van der Waals surface area (Å²) >= 11 is 0. The number of aryl methyl sites for hydroxylation is 1. The quantitative estimate of drug-likeness (QED) is 0.827. The highest BCUT2D eigenvalue weighted by atomic mass is 16.2. The Kier molecular flexibility index (Phi) is 3.29. The second kappa shape index (κ2) is 4.70. The van der Waals surface area contributed by atoms with Crippen LogP contribution in [0, 0.1) is 0 Å². The van der Waals surface area contributed by atoms with Gasteiger partial charge in [-0.15, -0.1) is 0 Å². The Morgan fingerprint density at radius 1 is 1.44 bits per heavy atom. The molecule has 1 amide bonds. The summed E-state index contributed by atoms with van der Waals surface area (Å²) in [6.07, 6.45) is 4.93. The van der Waals surface area contributed by atoms with Crippen molar-refractivity contribution in [2.75, 3.05) is 6.54 Å². The molecular weight excluding hydrogens is 202 g/mol. The first-order chi connectivity index (χ1) is 7.70. The topological polar surface area (TPSA) is 51.3 Å². The van der Waals surface area contributed by atoms with E-state index in [1.54, 1.807) is 0 Å². The Hall–Kier alpha value is -1.29. The highest BCUT2D eigenvalue weighted by Crippen LogP contribution is 2.15. The van der Waals surface area contributed by atoms with Crippen molar-refractivity contribution in [1.82, 2.24) is 9.47 Å². The van der Waals surface area contributed by atoms with Gasteiger partial charge in [0.2, 0.25) is 5.91 Å². The zero-order valence-electron chi connectivity index (χ0n) is 9.78. The maximum atomic E-state index is 11.7. The molecule has 1 saturated heterocycles. The van der Waals surface area contributed by atoms with Crippen LogP contribution in [0.2, 0.25) is 0 Å². The highest BCUT2D eigenvalue weighted by molar-refractivity contribution is 5.76. The van der Waals surface area contributed by atoms with Crippen molar-refractivity contribution in [3.8, 4) is 0 Å². The number of nitrogens with zero attached hydrogens (tertiary/aromatic N) is 2. The Morgan fingerprint density at radius 3 is 2.88 bits per heavy atom. The highest BCUT2D eigenvalue weighted by Gasteiger charge is 2.18. The van der Waals surface area contributed by atoms with Gasteiger partial charge >= 0.3 is 0 Å². The van der Waals surface area contributed by atoms with Crippen molar-refractivity contribution < 1.29 is 4.79 Å². The smallest absolute Gasteiger partial charge is 0.222 e. The normalized spacial score (nSPS) is 16.9. The molecule has 2 heterocycles. The van der Waals surface area contributed by atoms with Crippen molar-refractivity contribution in [2.24, 2.45) is 12.8 Å². The van der Waals surface area contributed by atoms with E-state index >= 15 is 0 Å². The molecule has 1 aromatic rings. The number of amides is 1. The number of likely N-dealkylation sites (tertiary alicyclic amines) is 1. The van der Waals surface area contributed by atoms with Crippen molar-refractivity contribution in [1.29, 1.82) is 0 Å². The summed E-state index contributed by atoms with van der Waals surface area (Å²) in [6, 6.07) is 2.09. The lowest BCUT2D eigenvalue weighted by Crippen LogP contribution is -2.34. The molecule has 0 unspecified atom stereocenters. The molecular formula is C12H19N3O. The molecule has 1 aromatic heterocycles. The number of rotatable bonds is 3. The SMILES string of the molecule is Cn1cc(CN2CCCCC2=O)cc1CN. The third kappa shape index (κ3) is 2.27. The van der Waals surface area contributed by atoms with Crippen molar-refractivity contribution in [3.05, 3.63) is 23.5 Å². The van der Waals surface area contributed by atoms with Crippen LogP contribution in [0.4, 0.5) is 0 Å². The largest absolute Gasteiger partial charge is 0.353 e. The zero-order valence-corrected chi connectivity index (χ0v) is 9.78. The first kappa shape index (κ1) is 11.2. The average molecular weight is 221 g/mol. The number of piperidine rings is 1. The van der Waals surface area contributed by atoms with Gasteiger partial charge in [-0.25, -0.2) is 0 Å². The predicted octanol–water partition coefficient (Wildman–Crippen LogP) is 0.996. The third-order valence-electron chi connectivity index (χ3n) is 3.17. The van der Waals surface area contributed by atoms with E-state index in [1.807, 2.05) is 16.5 Å². The monoisotopic (exact) mass is 221 g/mol. The lowest BCUT2D eigenvalue weighted by atomic mass is 10.1. The van der Waals surface area contributed by atoms with Gasteiger partial charge in [0.25, 0.3) is 0 Å². The molecule has 2 rings (SSSR count). The second-order valence-corrected chi connectivity index (χ2v) is 4.43. The standard InChI is InChI=1S/C12H19N3O/c1-14-8-10(6-11(14)7-13)9-15-5-3-2-4-12(15)16/h6,8H,2-5,7,9,13H2,1H3. The van der Waals surface area contributed by atoms with Crippen LogP contribution in [-0.2, 0) is 24.9 Å². The van der Waals surface area contributed by atoms with Crippen LogP contribution in [0.1, 0.15) is 30.5 Å². The van der Waals surface area contributed by atoms with E-state index in [9.17, 15) is 4.79 Å². The van der Waals surface area contributed by atoms with Gasteiger partial charge in [0.05, 0.1) is 0 Å². The first-order valence-electron chi connectivity index (χ1n) is 5.82. The minimum absolute atomic E-state index is 0.282. The fourth-order valence-corrected chi connectivity index (χ4v) is 2.22. The van der Waals surface area contributed by atoms with Gasteiger partial charge in [-0.2, -0.15) is 0 Å². The summed E-state index contributed by atoms with van der Waals surface area (Å²) in [5.74, 6) is 0.282. The van der Waals surface area contributed by atoms with E-state index < -0.39 is 0 Å². The summed E-state index contributed by atoms with van der Waals surface area (Å²) in [7, 11) is 1.99. The third-order valence-corrected chi connectivity index (χ3v) is 3.17. The molecule has 4 nitrogen and oxygen atoms in total. The Morgan fingerprint density at radius 2 is 2.25 bits per heavy atom. The molecule has 0 aromatic carbocycles.